The average Bonchev–Trinajstić information content (AvgIpc) is 2.61. The van der Waals surface area contributed by atoms with Crippen molar-refractivity contribution in [2.75, 3.05) is 13.2 Å². The fraction of sp³-hybridized carbons (Fsp3) is 0.381. The molecule has 1 atom stereocenters. The molecule has 0 saturated carbocycles. The van der Waals surface area contributed by atoms with Crippen LogP contribution in [0.2, 0.25) is 0 Å². The van der Waals surface area contributed by atoms with Gasteiger partial charge in [0, 0.05) is 26.1 Å². The van der Waals surface area contributed by atoms with Crippen molar-refractivity contribution in [1.29, 1.82) is 0 Å². The van der Waals surface area contributed by atoms with E-state index in [-0.39, 0.29) is 18.4 Å². The van der Waals surface area contributed by atoms with E-state index in [1.54, 1.807) is 6.07 Å². The summed E-state index contributed by atoms with van der Waals surface area (Å²) in [5.74, 6) is -0.581. The number of benzene rings is 2. The van der Waals surface area contributed by atoms with E-state index in [9.17, 15) is 14.3 Å². The molecule has 0 aliphatic heterocycles. The number of carbonyl (C=O) groups excluding carboxylic acids is 1. The maximum atomic E-state index is 13.5. The highest BCUT2D eigenvalue weighted by Gasteiger charge is 2.15. The van der Waals surface area contributed by atoms with Crippen molar-refractivity contribution in [3.8, 4) is 0 Å². The van der Waals surface area contributed by atoms with Gasteiger partial charge in [-0.25, -0.2) is 4.39 Å². The van der Waals surface area contributed by atoms with Crippen LogP contribution < -0.4 is 0 Å². The minimum atomic E-state index is -0.798. The molecule has 2 aromatic carbocycles. The Kier molecular flexibility index (Phi) is 8.25. The van der Waals surface area contributed by atoms with Crippen LogP contribution >= 0.6 is 0 Å². The van der Waals surface area contributed by atoms with Crippen LogP contribution in [0, 0.1) is 5.82 Å². The first-order valence-corrected chi connectivity index (χ1v) is 8.91. The third-order valence-corrected chi connectivity index (χ3v) is 3.90. The molecule has 2 aromatic rings. The lowest BCUT2D eigenvalue weighted by molar-refractivity contribution is -0.147. The number of hydrogen-bond acceptors (Lipinski definition) is 4. The molecule has 0 aromatic heterocycles. The van der Waals surface area contributed by atoms with Crippen molar-refractivity contribution in [1.82, 2.24) is 4.90 Å². The van der Waals surface area contributed by atoms with Crippen molar-refractivity contribution in [3.63, 3.8) is 0 Å². The van der Waals surface area contributed by atoms with Gasteiger partial charge in [0.25, 0.3) is 0 Å². The number of aliphatic hydroxyl groups excluding tert-OH is 1. The maximum absolute atomic E-state index is 13.5. The average molecular weight is 359 g/mol. The SMILES string of the molecule is CCCC(=O)OC[C@@H](O)CN(Cc1ccccc1)Cc1cccc(F)c1. The van der Waals surface area contributed by atoms with E-state index in [0.29, 0.717) is 32.5 Å². The van der Waals surface area contributed by atoms with Gasteiger partial charge in [0.1, 0.15) is 18.5 Å². The normalized spacial score (nSPS) is 12.2. The van der Waals surface area contributed by atoms with Gasteiger partial charge in [0.05, 0.1) is 0 Å². The minimum Gasteiger partial charge on any atom is -0.463 e. The van der Waals surface area contributed by atoms with Crippen LogP contribution in [0.4, 0.5) is 4.39 Å². The van der Waals surface area contributed by atoms with Gasteiger partial charge >= 0.3 is 5.97 Å². The summed E-state index contributed by atoms with van der Waals surface area (Å²) in [5.41, 5.74) is 1.93. The van der Waals surface area contributed by atoms with Gasteiger partial charge in [-0.15, -0.1) is 0 Å². The summed E-state index contributed by atoms with van der Waals surface area (Å²) in [4.78, 5) is 13.5. The lowest BCUT2D eigenvalue weighted by Crippen LogP contribution is -2.34. The summed E-state index contributed by atoms with van der Waals surface area (Å²) in [6, 6.07) is 16.3. The number of ether oxygens (including phenoxy) is 1. The Morgan fingerprint density at radius 2 is 1.81 bits per heavy atom. The highest BCUT2D eigenvalue weighted by molar-refractivity contribution is 5.69. The summed E-state index contributed by atoms with van der Waals surface area (Å²) in [6.45, 7) is 3.29. The quantitative estimate of drug-likeness (QED) is 0.660. The Hall–Kier alpha value is -2.24. The third kappa shape index (κ3) is 7.33. The predicted octanol–water partition coefficient (Wildman–Crippen LogP) is 3.53. The highest BCUT2D eigenvalue weighted by Crippen LogP contribution is 2.12. The van der Waals surface area contributed by atoms with Crippen LogP contribution in [-0.4, -0.2) is 35.2 Å². The Morgan fingerprint density at radius 1 is 1.12 bits per heavy atom. The Bertz CT molecular complexity index is 678. The van der Waals surface area contributed by atoms with E-state index >= 15 is 0 Å². The number of halogens is 1. The van der Waals surface area contributed by atoms with Crippen LogP contribution in [0.25, 0.3) is 0 Å². The molecule has 0 aliphatic rings. The first kappa shape index (κ1) is 20.1. The van der Waals surface area contributed by atoms with E-state index in [1.165, 1.54) is 12.1 Å². The van der Waals surface area contributed by atoms with Crippen molar-refractivity contribution in [2.45, 2.75) is 39.0 Å². The molecular weight excluding hydrogens is 333 g/mol. The Balaban J connectivity index is 1.98. The highest BCUT2D eigenvalue weighted by atomic mass is 19.1. The molecule has 0 bridgehead atoms. The summed E-state index contributed by atoms with van der Waals surface area (Å²) >= 11 is 0. The standard InChI is InChI=1S/C21H26FNO3/c1-2-7-21(25)26-16-20(24)15-23(13-17-8-4-3-5-9-17)14-18-10-6-11-19(22)12-18/h3-6,8-12,20,24H,2,7,13-16H2,1H3/t20-/m0/s1. The largest absolute Gasteiger partial charge is 0.463 e. The van der Waals surface area contributed by atoms with Gasteiger partial charge in [-0.3, -0.25) is 9.69 Å². The van der Waals surface area contributed by atoms with Gasteiger partial charge < -0.3 is 9.84 Å². The van der Waals surface area contributed by atoms with Gasteiger partial charge in [-0.05, 0) is 29.7 Å². The summed E-state index contributed by atoms with van der Waals surface area (Å²) in [6.07, 6.45) is 0.270. The molecule has 0 spiro atoms. The van der Waals surface area contributed by atoms with Crippen LogP contribution in [-0.2, 0) is 22.6 Å². The van der Waals surface area contributed by atoms with Crippen molar-refractivity contribution < 1.29 is 19.0 Å². The lowest BCUT2D eigenvalue weighted by atomic mass is 10.1. The zero-order valence-electron chi connectivity index (χ0n) is 15.1. The first-order valence-electron chi connectivity index (χ1n) is 8.91. The second kappa shape index (κ2) is 10.7. The van der Waals surface area contributed by atoms with E-state index in [1.807, 2.05) is 48.2 Å². The van der Waals surface area contributed by atoms with Crippen molar-refractivity contribution in [2.24, 2.45) is 0 Å². The van der Waals surface area contributed by atoms with E-state index in [2.05, 4.69) is 0 Å². The van der Waals surface area contributed by atoms with Crippen LogP contribution in [0.5, 0.6) is 0 Å². The number of carbonyl (C=O) groups is 1. The fourth-order valence-electron chi connectivity index (χ4n) is 2.74. The molecule has 5 heteroatoms. The Labute approximate surface area is 154 Å². The predicted molar refractivity (Wildman–Crippen MR) is 98.8 cm³/mol. The molecule has 0 unspecified atom stereocenters. The molecular formula is C21H26FNO3. The molecule has 0 aliphatic carbocycles. The molecule has 0 heterocycles. The lowest BCUT2D eigenvalue weighted by Gasteiger charge is -2.25. The number of esters is 1. The van der Waals surface area contributed by atoms with Crippen LogP contribution in [0.3, 0.4) is 0 Å². The van der Waals surface area contributed by atoms with E-state index in [4.69, 9.17) is 4.74 Å². The number of hydrogen-bond donors (Lipinski definition) is 1. The third-order valence-electron chi connectivity index (χ3n) is 3.90. The molecule has 0 radical (unpaired) electrons. The summed E-state index contributed by atoms with van der Waals surface area (Å²) in [5, 5.41) is 10.3. The summed E-state index contributed by atoms with van der Waals surface area (Å²) < 4.78 is 18.6. The number of rotatable bonds is 10. The molecule has 26 heavy (non-hydrogen) atoms. The van der Waals surface area contributed by atoms with Crippen LogP contribution in [0.15, 0.2) is 54.6 Å². The number of aliphatic hydroxyl groups is 1. The van der Waals surface area contributed by atoms with Crippen LogP contribution in [0.1, 0.15) is 30.9 Å². The molecule has 4 nitrogen and oxygen atoms in total. The zero-order valence-corrected chi connectivity index (χ0v) is 15.1. The minimum absolute atomic E-state index is 0.0345. The Morgan fingerprint density at radius 3 is 2.50 bits per heavy atom. The van der Waals surface area contributed by atoms with Gasteiger partial charge in [-0.2, -0.15) is 0 Å². The second-order valence-electron chi connectivity index (χ2n) is 6.37. The zero-order chi connectivity index (χ0) is 18.8. The van der Waals surface area contributed by atoms with Gasteiger partial charge in [0.15, 0.2) is 0 Å². The molecule has 0 amide bonds. The van der Waals surface area contributed by atoms with Crippen molar-refractivity contribution >= 4 is 5.97 Å². The molecule has 2 rings (SSSR count). The second-order valence-corrected chi connectivity index (χ2v) is 6.37. The molecule has 1 N–H and O–H groups in total. The van der Waals surface area contributed by atoms with E-state index in [0.717, 1.165) is 11.1 Å². The van der Waals surface area contributed by atoms with E-state index < -0.39 is 6.10 Å². The molecule has 140 valence electrons. The van der Waals surface area contributed by atoms with Crippen molar-refractivity contribution in [3.05, 3.63) is 71.5 Å². The molecule has 0 saturated heterocycles. The monoisotopic (exact) mass is 359 g/mol. The fourth-order valence-corrected chi connectivity index (χ4v) is 2.74. The smallest absolute Gasteiger partial charge is 0.305 e. The van der Waals surface area contributed by atoms with Gasteiger partial charge in [0.2, 0.25) is 0 Å². The number of nitrogens with zero attached hydrogens (tertiary/aromatic N) is 1. The maximum Gasteiger partial charge on any atom is 0.305 e. The first-order chi connectivity index (χ1) is 12.6. The topological polar surface area (TPSA) is 49.8 Å². The molecule has 0 fully saturated rings. The summed E-state index contributed by atoms with van der Waals surface area (Å²) in [7, 11) is 0. The van der Waals surface area contributed by atoms with Gasteiger partial charge in [-0.1, -0.05) is 49.4 Å².